The molecule has 78 valence electrons. The Kier molecular flexibility index (Phi) is 3.32. The van der Waals surface area contributed by atoms with Gasteiger partial charge in [0.2, 0.25) is 0 Å². The first-order chi connectivity index (χ1) is 6.38. The zero-order valence-corrected chi connectivity index (χ0v) is 9.17. The van der Waals surface area contributed by atoms with Crippen molar-refractivity contribution in [3.05, 3.63) is 27.7 Å². The van der Waals surface area contributed by atoms with Crippen molar-refractivity contribution < 1.29 is 13.2 Å². The Morgan fingerprint density at radius 2 is 1.93 bits per heavy atom. The lowest BCUT2D eigenvalue weighted by Crippen LogP contribution is -2.10. The standard InChI is InChI=1S/C8H6BrClF3N/c9-6-2-1-5(8(11,12)13)4(3-10)7(6)14/h1-2H,3,14H2. The molecule has 0 aliphatic carbocycles. The largest absolute Gasteiger partial charge is 0.416 e. The molecule has 1 aromatic rings. The molecule has 1 nitrogen and oxygen atoms in total. The number of nitrogen functional groups attached to an aromatic ring is 1. The fourth-order valence-electron chi connectivity index (χ4n) is 1.05. The van der Waals surface area contributed by atoms with Crippen molar-refractivity contribution in [3.63, 3.8) is 0 Å². The molecule has 0 heterocycles. The molecule has 0 fully saturated rings. The third kappa shape index (κ3) is 2.15. The topological polar surface area (TPSA) is 26.0 Å². The SMILES string of the molecule is Nc1c(Br)ccc(C(F)(F)F)c1CCl. The lowest BCUT2D eigenvalue weighted by atomic mass is 10.1. The highest BCUT2D eigenvalue weighted by Gasteiger charge is 2.34. The van der Waals surface area contributed by atoms with Crippen LogP contribution < -0.4 is 5.73 Å². The summed E-state index contributed by atoms with van der Waals surface area (Å²) in [6.45, 7) is 0. The van der Waals surface area contributed by atoms with Crippen molar-refractivity contribution in [2.24, 2.45) is 0 Å². The fraction of sp³-hybridized carbons (Fsp3) is 0.250. The maximum atomic E-state index is 12.4. The monoisotopic (exact) mass is 287 g/mol. The second-order valence-electron chi connectivity index (χ2n) is 2.62. The van der Waals surface area contributed by atoms with Crippen LogP contribution in [0.5, 0.6) is 0 Å². The molecule has 6 heteroatoms. The van der Waals surface area contributed by atoms with Crippen LogP contribution in [0.25, 0.3) is 0 Å². The Hall–Kier alpha value is -0.420. The Morgan fingerprint density at radius 3 is 2.36 bits per heavy atom. The highest BCUT2D eigenvalue weighted by molar-refractivity contribution is 9.10. The van der Waals surface area contributed by atoms with Crippen LogP contribution in [0.4, 0.5) is 18.9 Å². The summed E-state index contributed by atoms with van der Waals surface area (Å²) in [5.41, 5.74) is 4.62. The van der Waals surface area contributed by atoms with E-state index in [0.29, 0.717) is 4.47 Å². The van der Waals surface area contributed by atoms with E-state index in [1.165, 1.54) is 6.07 Å². The van der Waals surface area contributed by atoms with E-state index < -0.39 is 11.7 Å². The quantitative estimate of drug-likeness (QED) is 0.617. The summed E-state index contributed by atoms with van der Waals surface area (Å²) in [6.07, 6.45) is -4.42. The van der Waals surface area contributed by atoms with E-state index in [1.54, 1.807) is 0 Å². The van der Waals surface area contributed by atoms with Gasteiger partial charge in [-0.05, 0) is 28.1 Å². The van der Waals surface area contributed by atoms with Gasteiger partial charge in [0.05, 0.1) is 17.1 Å². The molecule has 0 atom stereocenters. The number of hydrogen-bond donors (Lipinski definition) is 1. The molecule has 1 aromatic carbocycles. The second kappa shape index (κ2) is 3.98. The Bertz CT molecular complexity index is 351. The lowest BCUT2D eigenvalue weighted by molar-refractivity contribution is -0.138. The first-order valence-electron chi connectivity index (χ1n) is 3.58. The minimum atomic E-state index is -4.42. The highest BCUT2D eigenvalue weighted by atomic mass is 79.9. The third-order valence-corrected chi connectivity index (χ3v) is 2.70. The maximum Gasteiger partial charge on any atom is 0.416 e. The van der Waals surface area contributed by atoms with Crippen molar-refractivity contribution in [1.82, 2.24) is 0 Å². The number of halogens is 5. The Labute approximate surface area is 92.2 Å². The Balaban J connectivity index is 3.39. The summed E-state index contributed by atoms with van der Waals surface area (Å²) >= 11 is 8.45. The van der Waals surface area contributed by atoms with Gasteiger partial charge in [0.15, 0.2) is 0 Å². The molecule has 0 aliphatic rings. The van der Waals surface area contributed by atoms with Gasteiger partial charge in [-0.25, -0.2) is 0 Å². The van der Waals surface area contributed by atoms with E-state index in [0.717, 1.165) is 6.07 Å². The molecular weight excluding hydrogens is 282 g/mol. The number of anilines is 1. The van der Waals surface area contributed by atoms with E-state index in [-0.39, 0.29) is 17.1 Å². The van der Waals surface area contributed by atoms with Gasteiger partial charge >= 0.3 is 6.18 Å². The molecule has 0 bridgehead atoms. The van der Waals surface area contributed by atoms with Gasteiger partial charge < -0.3 is 5.73 Å². The molecule has 0 aliphatic heterocycles. The molecule has 0 spiro atoms. The molecule has 0 saturated carbocycles. The zero-order valence-electron chi connectivity index (χ0n) is 6.83. The predicted octanol–water partition coefficient (Wildman–Crippen LogP) is 3.79. The number of alkyl halides is 4. The van der Waals surface area contributed by atoms with Crippen LogP contribution in [0.3, 0.4) is 0 Å². The number of nitrogens with two attached hydrogens (primary N) is 1. The van der Waals surface area contributed by atoms with Crippen molar-refractivity contribution >= 4 is 33.2 Å². The number of benzene rings is 1. The predicted molar refractivity (Wildman–Crippen MR) is 53.1 cm³/mol. The van der Waals surface area contributed by atoms with Crippen LogP contribution in [-0.2, 0) is 12.1 Å². The van der Waals surface area contributed by atoms with Crippen molar-refractivity contribution in [3.8, 4) is 0 Å². The summed E-state index contributed by atoms with van der Waals surface area (Å²) in [5.74, 6) is -0.264. The molecular formula is C8H6BrClF3N. The van der Waals surface area contributed by atoms with E-state index in [1.807, 2.05) is 0 Å². The minimum absolute atomic E-state index is 0.0369. The zero-order chi connectivity index (χ0) is 10.9. The van der Waals surface area contributed by atoms with Crippen LogP contribution >= 0.6 is 27.5 Å². The summed E-state index contributed by atoms with van der Waals surface area (Å²) in [4.78, 5) is 0. The van der Waals surface area contributed by atoms with Crippen molar-refractivity contribution in [2.75, 3.05) is 5.73 Å². The van der Waals surface area contributed by atoms with Crippen LogP contribution in [0.1, 0.15) is 11.1 Å². The van der Waals surface area contributed by atoms with Gasteiger partial charge in [0.1, 0.15) is 0 Å². The molecule has 0 amide bonds. The average Bonchev–Trinajstić information content (AvgIpc) is 2.07. The highest BCUT2D eigenvalue weighted by Crippen LogP contribution is 2.37. The van der Waals surface area contributed by atoms with E-state index in [2.05, 4.69) is 15.9 Å². The smallest absolute Gasteiger partial charge is 0.398 e. The normalized spacial score (nSPS) is 11.8. The summed E-state index contributed by atoms with van der Waals surface area (Å²) in [7, 11) is 0. The van der Waals surface area contributed by atoms with Crippen LogP contribution in [0.2, 0.25) is 0 Å². The first-order valence-corrected chi connectivity index (χ1v) is 4.90. The van der Waals surface area contributed by atoms with E-state index >= 15 is 0 Å². The summed E-state index contributed by atoms with van der Waals surface area (Å²) in [5, 5.41) is 0. The molecule has 0 unspecified atom stereocenters. The summed E-state index contributed by atoms with van der Waals surface area (Å²) < 4.78 is 37.7. The fourth-order valence-corrected chi connectivity index (χ4v) is 1.71. The van der Waals surface area contributed by atoms with Gasteiger partial charge in [-0.2, -0.15) is 13.2 Å². The van der Waals surface area contributed by atoms with E-state index in [9.17, 15) is 13.2 Å². The molecule has 1 rings (SSSR count). The Morgan fingerprint density at radius 1 is 1.36 bits per heavy atom. The van der Waals surface area contributed by atoms with Crippen molar-refractivity contribution in [1.29, 1.82) is 0 Å². The van der Waals surface area contributed by atoms with Crippen LogP contribution in [-0.4, -0.2) is 0 Å². The van der Waals surface area contributed by atoms with E-state index in [4.69, 9.17) is 17.3 Å². The van der Waals surface area contributed by atoms with Gasteiger partial charge in [-0.3, -0.25) is 0 Å². The molecule has 2 N–H and O–H groups in total. The van der Waals surface area contributed by atoms with Crippen molar-refractivity contribution in [2.45, 2.75) is 12.1 Å². The van der Waals surface area contributed by atoms with Gasteiger partial charge in [-0.15, -0.1) is 11.6 Å². The summed E-state index contributed by atoms with van der Waals surface area (Å²) in [6, 6.07) is 2.21. The van der Waals surface area contributed by atoms with Gasteiger partial charge in [0, 0.05) is 10.0 Å². The first kappa shape index (κ1) is 11.7. The lowest BCUT2D eigenvalue weighted by Gasteiger charge is -2.13. The third-order valence-electron chi connectivity index (χ3n) is 1.74. The maximum absolute atomic E-state index is 12.4. The average molecular weight is 288 g/mol. The molecule has 0 saturated heterocycles. The van der Waals surface area contributed by atoms with Gasteiger partial charge in [-0.1, -0.05) is 0 Å². The van der Waals surface area contributed by atoms with Crippen LogP contribution in [0.15, 0.2) is 16.6 Å². The van der Waals surface area contributed by atoms with Gasteiger partial charge in [0.25, 0.3) is 0 Å². The molecule has 0 aromatic heterocycles. The number of rotatable bonds is 1. The van der Waals surface area contributed by atoms with Crippen LogP contribution in [0, 0.1) is 0 Å². The second-order valence-corrected chi connectivity index (χ2v) is 3.74. The molecule has 0 radical (unpaired) electrons. The number of hydrogen-bond acceptors (Lipinski definition) is 1. The minimum Gasteiger partial charge on any atom is -0.398 e. The molecule has 14 heavy (non-hydrogen) atoms.